The van der Waals surface area contributed by atoms with Gasteiger partial charge in [0, 0.05) is 13.1 Å². The zero-order valence-corrected chi connectivity index (χ0v) is 18.4. The maximum atomic E-state index is 13.0. The number of methoxy groups -OCH3 is 1. The Labute approximate surface area is 172 Å². The number of nitrogens with one attached hydrogen (secondary N) is 1. The summed E-state index contributed by atoms with van der Waals surface area (Å²) in [5.41, 5.74) is 1.92. The van der Waals surface area contributed by atoms with Gasteiger partial charge in [0.1, 0.15) is 5.75 Å². The molecule has 0 unspecified atom stereocenters. The number of benzene rings is 2. The molecule has 1 saturated heterocycles. The third-order valence-electron chi connectivity index (χ3n) is 5.16. The highest BCUT2D eigenvalue weighted by atomic mass is 32.2. The summed E-state index contributed by atoms with van der Waals surface area (Å²) in [4.78, 5) is 0.143. The lowest BCUT2D eigenvalue weighted by molar-refractivity contribution is 0.346. The van der Waals surface area contributed by atoms with E-state index >= 15 is 0 Å². The van der Waals surface area contributed by atoms with Crippen molar-refractivity contribution in [3.8, 4) is 5.75 Å². The summed E-state index contributed by atoms with van der Waals surface area (Å²) in [6.07, 6.45) is 2.65. The van der Waals surface area contributed by atoms with Gasteiger partial charge in [0.2, 0.25) is 10.0 Å². The van der Waals surface area contributed by atoms with Gasteiger partial charge in [0.05, 0.1) is 22.6 Å². The Morgan fingerprint density at radius 3 is 2.14 bits per heavy atom. The lowest BCUT2D eigenvalue weighted by atomic mass is 10.1. The summed E-state index contributed by atoms with van der Waals surface area (Å²) in [6.45, 7) is 4.67. The molecule has 29 heavy (non-hydrogen) atoms. The predicted molar refractivity (Wildman–Crippen MR) is 112 cm³/mol. The Hall–Kier alpha value is -2.10. The van der Waals surface area contributed by atoms with Crippen LogP contribution in [0.25, 0.3) is 0 Å². The van der Waals surface area contributed by atoms with E-state index < -0.39 is 20.0 Å². The van der Waals surface area contributed by atoms with E-state index in [2.05, 4.69) is 4.72 Å². The van der Waals surface area contributed by atoms with Gasteiger partial charge in [0.25, 0.3) is 10.0 Å². The SMILES string of the molecule is COc1ccc(S(=O)(=O)N2CCCCC2)cc1NS(=O)(=O)c1ccc(C)c(C)c1. The topological polar surface area (TPSA) is 92.8 Å². The van der Waals surface area contributed by atoms with Crippen molar-refractivity contribution in [2.24, 2.45) is 0 Å². The van der Waals surface area contributed by atoms with Crippen molar-refractivity contribution in [2.45, 2.75) is 42.9 Å². The molecule has 0 saturated carbocycles. The fourth-order valence-electron chi connectivity index (χ4n) is 3.27. The molecule has 1 heterocycles. The summed E-state index contributed by atoms with van der Waals surface area (Å²) in [7, 11) is -6.21. The predicted octanol–water partition coefficient (Wildman–Crippen LogP) is 3.29. The van der Waals surface area contributed by atoms with Crippen LogP contribution in [-0.2, 0) is 20.0 Å². The highest BCUT2D eigenvalue weighted by Crippen LogP contribution is 2.31. The summed E-state index contributed by atoms with van der Waals surface area (Å²) < 4.78 is 60.8. The first-order valence-corrected chi connectivity index (χ1v) is 12.4. The van der Waals surface area contributed by atoms with Gasteiger partial charge in [-0.2, -0.15) is 4.31 Å². The Morgan fingerprint density at radius 2 is 1.52 bits per heavy atom. The second-order valence-corrected chi connectivity index (χ2v) is 10.8. The van der Waals surface area contributed by atoms with Gasteiger partial charge in [-0.15, -0.1) is 0 Å². The van der Waals surface area contributed by atoms with Gasteiger partial charge in [-0.3, -0.25) is 4.72 Å². The molecule has 0 atom stereocenters. The molecule has 0 radical (unpaired) electrons. The molecule has 1 aliphatic rings. The standard InChI is InChI=1S/C20H26N2O5S2/c1-15-7-8-17(13-16(15)2)28(23,24)21-19-14-18(9-10-20(19)27-3)29(25,26)22-11-5-4-6-12-22/h7-10,13-14,21H,4-6,11-12H2,1-3H3. The molecule has 0 amide bonds. The van der Waals surface area contributed by atoms with Crippen LogP contribution in [0.15, 0.2) is 46.2 Å². The van der Waals surface area contributed by atoms with E-state index in [9.17, 15) is 16.8 Å². The van der Waals surface area contributed by atoms with Gasteiger partial charge in [-0.25, -0.2) is 16.8 Å². The van der Waals surface area contributed by atoms with Crippen LogP contribution in [0.5, 0.6) is 5.75 Å². The fourth-order valence-corrected chi connectivity index (χ4v) is 5.96. The molecule has 158 valence electrons. The third-order valence-corrected chi connectivity index (χ3v) is 8.41. The first kappa shape index (κ1) is 21.6. The van der Waals surface area contributed by atoms with Gasteiger partial charge in [-0.05, 0) is 68.1 Å². The molecule has 7 nitrogen and oxygen atoms in total. The maximum Gasteiger partial charge on any atom is 0.262 e. The maximum absolute atomic E-state index is 13.0. The van der Waals surface area contributed by atoms with E-state index in [1.807, 2.05) is 13.8 Å². The van der Waals surface area contributed by atoms with Gasteiger partial charge < -0.3 is 4.74 Å². The zero-order valence-electron chi connectivity index (χ0n) is 16.8. The van der Waals surface area contributed by atoms with Gasteiger partial charge in [0.15, 0.2) is 0 Å². The molecule has 3 rings (SSSR count). The molecule has 2 aromatic carbocycles. The van der Waals surface area contributed by atoms with E-state index in [4.69, 9.17) is 4.74 Å². The Bertz CT molecular complexity index is 1110. The fraction of sp³-hybridized carbons (Fsp3) is 0.400. The second-order valence-electron chi connectivity index (χ2n) is 7.18. The molecular weight excluding hydrogens is 412 g/mol. The summed E-state index contributed by atoms with van der Waals surface area (Å²) in [6, 6.07) is 9.06. The molecule has 1 N–H and O–H groups in total. The van der Waals surface area contributed by atoms with Crippen molar-refractivity contribution in [2.75, 3.05) is 24.9 Å². The molecule has 2 aromatic rings. The number of nitrogens with zero attached hydrogens (tertiary/aromatic N) is 1. The van der Waals surface area contributed by atoms with Crippen LogP contribution in [0.3, 0.4) is 0 Å². The minimum absolute atomic E-state index is 0.0398. The molecule has 9 heteroatoms. The number of ether oxygens (including phenoxy) is 1. The van der Waals surface area contributed by atoms with Crippen molar-refractivity contribution in [3.63, 3.8) is 0 Å². The van der Waals surface area contributed by atoms with Gasteiger partial charge in [-0.1, -0.05) is 12.5 Å². The van der Waals surface area contributed by atoms with Crippen molar-refractivity contribution >= 4 is 25.7 Å². The van der Waals surface area contributed by atoms with E-state index in [1.54, 1.807) is 12.1 Å². The third kappa shape index (κ3) is 4.57. The molecular formula is C20H26N2O5S2. The number of piperidine rings is 1. The van der Waals surface area contributed by atoms with Crippen LogP contribution in [0.1, 0.15) is 30.4 Å². The molecule has 1 fully saturated rings. The summed E-state index contributed by atoms with van der Waals surface area (Å²) in [5.74, 6) is 0.245. The summed E-state index contributed by atoms with van der Waals surface area (Å²) in [5, 5.41) is 0. The minimum atomic E-state index is -3.91. The highest BCUT2D eigenvalue weighted by Gasteiger charge is 2.27. The van der Waals surface area contributed by atoms with Crippen LogP contribution < -0.4 is 9.46 Å². The zero-order chi connectivity index (χ0) is 21.2. The molecule has 0 bridgehead atoms. The van der Waals surface area contributed by atoms with Crippen molar-refractivity contribution in [1.82, 2.24) is 4.31 Å². The number of sulfonamides is 2. The largest absolute Gasteiger partial charge is 0.495 e. The lowest BCUT2D eigenvalue weighted by Crippen LogP contribution is -2.35. The van der Waals surface area contributed by atoms with Crippen LogP contribution in [-0.4, -0.2) is 41.3 Å². The molecule has 0 spiro atoms. The first-order valence-electron chi connectivity index (χ1n) is 9.43. The quantitative estimate of drug-likeness (QED) is 0.747. The van der Waals surface area contributed by atoms with E-state index in [0.717, 1.165) is 30.4 Å². The Balaban J connectivity index is 1.98. The number of hydrogen-bond donors (Lipinski definition) is 1. The average Bonchev–Trinajstić information content (AvgIpc) is 2.70. The smallest absolute Gasteiger partial charge is 0.262 e. The second kappa shape index (κ2) is 8.33. The van der Waals surface area contributed by atoms with Crippen LogP contribution in [0.2, 0.25) is 0 Å². The lowest BCUT2D eigenvalue weighted by Gasteiger charge is -2.26. The summed E-state index contributed by atoms with van der Waals surface area (Å²) >= 11 is 0. The Kier molecular flexibility index (Phi) is 6.21. The van der Waals surface area contributed by atoms with Gasteiger partial charge >= 0.3 is 0 Å². The minimum Gasteiger partial charge on any atom is -0.495 e. The first-order chi connectivity index (χ1) is 13.6. The van der Waals surface area contributed by atoms with Crippen molar-refractivity contribution in [1.29, 1.82) is 0 Å². The van der Waals surface area contributed by atoms with Crippen molar-refractivity contribution < 1.29 is 21.6 Å². The van der Waals surface area contributed by atoms with E-state index in [0.29, 0.717) is 13.1 Å². The number of hydrogen-bond acceptors (Lipinski definition) is 5. The van der Waals surface area contributed by atoms with Crippen LogP contribution in [0.4, 0.5) is 5.69 Å². The number of anilines is 1. The Morgan fingerprint density at radius 1 is 0.862 bits per heavy atom. The number of rotatable bonds is 6. The average molecular weight is 439 g/mol. The normalized spacial score (nSPS) is 15.8. The van der Waals surface area contributed by atoms with E-state index in [-0.39, 0.29) is 21.2 Å². The van der Waals surface area contributed by atoms with Crippen LogP contribution >= 0.6 is 0 Å². The molecule has 0 aliphatic carbocycles. The number of aryl methyl sites for hydroxylation is 2. The van der Waals surface area contributed by atoms with Crippen LogP contribution in [0, 0.1) is 13.8 Å². The molecule has 1 aliphatic heterocycles. The monoisotopic (exact) mass is 438 g/mol. The van der Waals surface area contributed by atoms with E-state index in [1.165, 1.54) is 35.7 Å². The molecule has 0 aromatic heterocycles. The highest BCUT2D eigenvalue weighted by molar-refractivity contribution is 7.92. The van der Waals surface area contributed by atoms with Crippen molar-refractivity contribution in [3.05, 3.63) is 47.5 Å².